The van der Waals surface area contributed by atoms with Gasteiger partial charge < -0.3 is 30.0 Å². The number of anilines is 5. The standard InChI is InChI=1S/C25H29N7O4S/c1-35-22-15-18(32-11-13-36-14-12-32)7-8-21(22)28-25-29-23-19(9-10-26-23)24(30-25)27-16-17-5-3-4-6-20(17)31-37(2,33)34/h3-10,15,31H,11-14,16H2,1-2H3,(H3,26,27,28,29,30). The van der Waals surface area contributed by atoms with E-state index < -0.39 is 10.0 Å². The molecule has 0 amide bonds. The number of nitrogens with zero attached hydrogens (tertiary/aromatic N) is 3. The summed E-state index contributed by atoms with van der Waals surface area (Å²) in [5, 5.41) is 7.42. The van der Waals surface area contributed by atoms with Gasteiger partial charge in [0, 0.05) is 37.6 Å². The molecular formula is C25H29N7O4S. The SMILES string of the molecule is COc1cc(N2CCOCC2)ccc1Nc1nc(NCc2ccccc2NS(C)(=O)=O)c2cc[nH]c2n1. The first-order chi connectivity index (χ1) is 17.9. The molecule has 0 radical (unpaired) electrons. The quantitative estimate of drug-likeness (QED) is 0.260. The Balaban J connectivity index is 1.39. The second-order valence-corrected chi connectivity index (χ2v) is 10.4. The van der Waals surface area contributed by atoms with Gasteiger partial charge in [0.05, 0.1) is 43.3 Å². The van der Waals surface area contributed by atoms with Gasteiger partial charge in [0.15, 0.2) is 0 Å². The third-order valence-corrected chi connectivity index (χ3v) is 6.57. The van der Waals surface area contributed by atoms with Crippen molar-refractivity contribution in [1.82, 2.24) is 15.0 Å². The number of ether oxygens (including phenoxy) is 2. The third kappa shape index (κ3) is 5.87. The maximum Gasteiger partial charge on any atom is 0.231 e. The van der Waals surface area contributed by atoms with Gasteiger partial charge in [-0.1, -0.05) is 18.2 Å². The molecule has 3 heterocycles. The lowest BCUT2D eigenvalue weighted by molar-refractivity contribution is 0.122. The minimum absolute atomic E-state index is 0.354. The van der Waals surface area contributed by atoms with Crippen LogP contribution >= 0.6 is 0 Å². The number of morpholine rings is 1. The second kappa shape index (κ2) is 10.5. The molecule has 1 aliphatic rings. The minimum Gasteiger partial charge on any atom is -0.494 e. The van der Waals surface area contributed by atoms with Crippen LogP contribution in [0.1, 0.15) is 5.56 Å². The number of sulfonamides is 1. The van der Waals surface area contributed by atoms with Crippen LogP contribution in [0.5, 0.6) is 5.75 Å². The van der Waals surface area contributed by atoms with Crippen molar-refractivity contribution >= 4 is 49.9 Å². The number of benzene rings is 2. The predicted molar refractivity (Wildman–Crippen MR) is 145 cm³/mol. The molecular weight excluding hydrogens is 494 g/mol. The number of fused-ring (bicyclic) bond motifs is 1. The Morgan fingerprint density at radius 3 is 2.68 bits per heavy atom. The first kappa shape index (κ1) is 24.7. The summed E-state index contributed by atoms with van der Waals surface area (Å²) >= 11 is 0. The van der Waals surface area contributed by atoms with E-state index in [2.05, 4.69) is 30.2 Å². The molecule has 2 aromatic heterocycles. The van der Waals surface area contributed by atoms with Crippen LogP contribution in [0, 0.1) is 0 Å². The van der Waals surface area contributed by atoms with Gasteiger partial charge >= 0.3 is 0 Å². The topological polar surface area (TPSA) is 134 Å². The monoisotopic (exact) mass is 523 g/mol. The molecule has 0 saturated carbocycles. The van der Waals surface area contributed by atoms with Crippen molar-refractivity contribution in [2.75, 3.05) is 59.9 Å². The van der Waals surface area contributed by atoms with Crippen LogP contribution in [-0.2, 0) is 21.3 Å². The van der Waals surface area contributed by atoms with E-state index in [0.717, 1.165) is 41.7 Å². The summed E-state index contributed by atoms with van der Waals surface area (Å²) < 4.78 is 37.2. The fraction of sp³-hybridized carbons (Fsp3) is 0.280. The van der Waals surface area contributed by atoms with E-state index in [1.54, 1.807) is 25.4 Å². The smallest absolute Gasteiger partial charge is 0.231 e. The van der Waals surface area contributed by atoms with E-state index >= 15 is 0 Å². The third-order valence-electron chi connectivity index (χ3n) is 5.98. The first-order valence-electron chi connectivity index (χ1n) is 11.8. The van der Waals surface area contributed by atoms with Crippen LogP contribution < -0.4 is 25.0 Å². The maximum atomic E-state index is 11.8. The van der Waals surface area contributed by atoms with E-state index in [4.69, 9.17) is 14.5 Å². The Morgan fingerprint density at radius 1 is 1.08 bits per heavy atom. The highest BCUT2D eigenvalue weighted by atomic mass is 32.2. The number of aromatic amines is 1. The zero-order valence-corrected chi connectivity index (χ0v) is 21.4. The Kier molecular flexibility index (Phi) is 7.01. The zero-order valence-electron chi connectivity index (χ0n) is 20.6. The molecule has 1 saturated heterocycles. The van der Waals surface area contributed by atoms with Crippen molar-refractivity contribution in [3.8, 4) is 5.75 Å². The molecule has 0 aliphatic carbocycles. The summed E-state index contributed by atoms with van der Waals surface area (Å²) in [4.78, 5) is 14.7. The molecule has 0 spiro atoms. The highest BCUT2D eigenvalue weighted by molar-refractivity contribution is 7.92. The second-order valence-electron chi connectivity index (χ2n) is 8.63. The number of rotatable bonds is 9. The Bertz CT molecular complexity index is 1500. The van der Waals surface area contributed by atoms with Crippen molar-refractivity contribution in [1.29, 1.82) is 0 Å². The summed E-state index contributed by atoms with van der Waals surface area (Å²) in [6.07, 6.45) is 2.93. The molecule has 2 aromatic carbocycles. The van der Waals surface area contributed by atoms with Crippen LogP contribution in [0.25, 0.3) is 11.0 Å². The average Bonchev–Trinajstić information content (AvgIpc) is 3.37. The zero-order chi connectivity index (χ0) is 25.8. The van der Waals surface area contributed by atoms with Crippen molar-refractivity contribution in [3.05, 3.63) is 60.3 Å². The molecule has 0 atom stereocenters. The van der Waals surface area contributed by atoms with Crippen LogP contribution in [0.4, 0.5) is 28.8 Å². The Labute approximate surface area is 215 Å². The number of hydrogen-bond donors (Lipinski definition) is 4. The average molecular weight is 524 g/mol. The summed E-state index contributed by atoms with van der Waals surface area (Å²) in [7, 11) is -1.77. The molecule has 4 N–H and O–H groups in total. The number of H-pyrrole nitrogens is 1. The lowest BCUT2D eigenvalue weighted by Crippen LogP contribution is -2.36. The van der Waals surface area contributed by atoms with Crippen LogP contribution in [-0.4, -0.2) is 63.0 Å². The van der Waals surface area contributed by atoms with Gasteiger partial charge in [0.1, 0.15) is 17.2 Å². The van der Waals surface area contributed by atoms with Gasteiger partial charge in [-0.2, -0.15) is 9.97 Å². The van der Waals surface area contributed by atoms with Crippen molar-refractivity contribution in [2.45, 2.75) is 6.54 Å². The fourth-order valence-electron chi connectivity index (χ4n) is 4.21. The molecule has 0 unspecified atom stereocenters. The van der Waals surface area contributed by atoms with Gasteiger partial charge in [-0.05, 0) is 29.8 Å². The lowest BCUT2D eigenvalue weighted by Gasteiger charge is -2.29. The van der Waals surface area contributed by atoms with Gasteiger partial charge in [-0.3, -0.25) is 4.72 Å². The first-order valence-corrected chi connectivity index (χ1v) is 13.7. The highest BCUT2D eigenvalue weighted by Gasteiger charge is 2.16. The number of nitrogens with one attached hydrogen (secondary N) is 4. The fourth-order valence-corrected chi connectivity index (χ4v) is 4.81. The molecule has 37 heavy (non-hydrogen) atoms. The number of methoxy groups -OCH3 is 1. The minimum atomic E-state index is -3.41. The van der Waals surface area contributed by atoms with E-state index in [0.29, 0.717) is 48.6 Å². The summed E-state index contributed by atoms with van der Waals surface area (Å²) in [6.45, 7) is 3.43. The van der Waals surface area contributed by atoms with E-state index in [1.165, 1.54) is 0 Å². The Morgan fingerprint density at radius 2 is 1.89 bits per heavy atom. The van der Waals surface area contributed by atoms with Crippen molar-refractivity contribution in [3.63, 3.8) is 0 Å². The van der Waals surface area contributed by atoms with Crippen molar-refractivity contribution in [2.24, 2.45) is 0 Å². The number of aromatic nitrogens is 3. The van der Waals surface area contributed by atoms with Gasteiger partial charge in [0.25, 0.3) is 0 Å². The van der Waals surface area contributed by atoms with Gasteiger partial charge in [-0.25, -0.2) is 8.42 Å². The molecule has 1 fully saturated rings. The molecule has 1 aliphatic heterocycles. The number of para-hydroxylation sites is 1. The maximum absolute atomic E-state index is 11.8. The molecule has 0 bridgehead atoms. The molecule has 194 valence electrons. The molecule has 4 aromatic rings. The summed E-state index contributed by atoms with van der Waals surface area (Å²) in [5.41, 5.74) is 3.76. The summed E-state index contributed by atoms with van der Waals surface area (Å²) in [6, 6.07) is 15.1. The normalized spacial score (nSPS) is 13.9. The van der Waals surface area contributed by atoms with Gasteiger partial charge in [-0.15, -0.1) is 0 Å². The molecule has 5 rings (SSSR count). The molecule has 12 heteroatoms. The Hall–Kier alpha value is -4.03. The van der Waals surface area contributed by atoms with Crippen LogP contribution in [0.15, 0.2) is 54.7 Å². The van der Waals surface area contributed by atoms with Crippen molar-refractivity contribution < 1.29 is 17.9 Å². The summed E-state index contributed by atoms with van der Waals surface area (Å²) in [5.74, 6) is 1.67. The number of hydrogen-bond acceptors (Lipinski definition) is 9. The molecule has 11 nitrogen and oxygen atoms in total. The predicted octanol–water partition coefficient (Wildman–Crippen LogP) is 3.53. The van der Waals surface area contributed by atoms with E-state index in [-0.39, 0.29) is 0 Å². The largest absolute Gasteiger partial charge is 0.494 e. The van der Waals surface area contributed by atoms with Crippen LogP contribution in [0.3, 0.4) is 0 Å². The highest BCUT2D eigenvalue weighted by Crippen LogP contribution is 2.33. The van der Waals surface area contributed by atoms with E-state index in [9.17, 15) is 8.42 Å². The lowest BCUT2D eigenvalue weighted by atomic mass is 10.2. The van der Waals surface area contributed by atoms with Gasteiger partial charge in [0.2, 0.25) is 16.0 Å². The van der Waals surface area contributed by atoms with E-state index in [1.807, 2.05) is 36.4 Å². The van der Waals surface area contributed by atoms with Crippen LogP contribution in [0.2, 0.25) is 0 Å².